The van der Waals surface area contributed by atoms with Gasteiger partial charge in [0.1, 0.15) is 5.82 Å². The number of halogens is 2. The zero-order valence-electron chi connectivity index (χ0n) is 25.3. The van der Waals surface area contributed by atoms with Crippen molar-refractivity contribution in [3.05, 3.63) is 64.6 Å². The van der Waals surface area contributed by atoms with Gasteiger partial charge in [0.2, 0.25) is 5.78 Å². The number of ether oxygens (including phenoxy) is 1. The molecule has 3 heterocycles. The van der Waals surface area contributed by atoms with Gasteiger partial charge in [-0.15, -0.1) is 5.06 Å². The van der Waals surface area contributed by atoms with E-state index in [1.165, 1.54) is 6.07 Å². The zero-order chi connectivity index (χ0) is 31.7. The number of hydrogen-bond acceptors (Lipinski definition) is 7. The number of benzene rings is 2. The molecule has 3 aromatic rings. The van der Waals surface area contributed by atoms with Gasteiger partial charge in [0.25, 0.3) is 11.8 Å². The number of ketones is 1. The quantitative estimate of drug-likeness (QED) is 0.304. The first-order valence-corrected chi connectivity index (χ1v) is 16.0. The lowest BCUT2D eigenvalue weighted by molar-refractivity contribution is -0.335. The van der Waals surface area contributed by atoms with Gasteiger partial charge < -0.3 is 19.7 Å². The Labute approximate surface area is 266 Å². The Morgan fingerprint density at radius 2 is 1.82 bits per heavy atom. The minimum absolute atomic E-state index is 0.0779. The van der Waals surface area contributed by atoms with Crippen molar-refractivity contribution in [3.63, 3.8) is 0 Å². The van der Waals surface area contributed by atoms with Crippen LogP contribution in [0.4, 0.5) is 10.1 Å². The number of fused-ring (bicyclic) bond motifs is 1. The van der Waals surface area contributed by atoms with Crippen molar-refractivity contribution in [2.24, 2.45) is 13.0 Å². The molecule has 2 aliphatic heterocycles. The Kier molecular flexibility index (Phi) is 9.26. The predicted molar refractivity (Wildman–Crippen MR) is 166 cm³/mol. The van der Waals surface area contributed by atoms with Crippen LogP contribution in [0.3, 0.4) is 0 Å². The number of amides is 1. The second-order valence-electron chi connectivity index (χ2n) is 12.2. The van der Waals surface area contributed by atoms with E-state index in [9.17, 15) is 19.5 Å². The Hall–Kier alpha value is -3.35. The molecular formula is C33H38ClFN4O6. The number of para-hydroxylation sites is 1. The molecule has 1 aromatic heterocycles. The molecule has 12 heteroatoms. The summed E-state index contributed by atoms with van der Waals surface area (Å²) in [5.41, 5.74) is 1.49. The number of aliphatic carboxylic acids is 1. The second-order valence-corrected chi connectivity index (χ2v) is 12.6. The van der Waals surface area contributed by atoms with E-state index in [4.69, 9.17) is 21.2 Å². The van der Waals surface area contributed by atoms with Crippen molar-refractivity contribution in [1.29, 1.82) is 0 Å². The summed E-state index contributed by atoms with van der Waals surface area (Å²) in [5.74, 6) is -4.31. The highest BCUT2D eigenvalue weighted by atomic mass is 35.5. The number of carboxylic acids is 1. The van der Waals surface area contributed by atoms with Crippen LogP contribution < -0.4 is 5.32 Å². The molecule has 1 saturated carbocycles. The van der Waals surface area contributed by atoms with Crippen LogP contribution in [0.5, 0.6) is 0 Å². The highest BCUT2D eigenvalue weighted by molar-refractivity contribution is 6.34. The van der Waals surface area contributed by atoms with Crippen molar-refractivity contribution in [1.82, 2.24) is 14.5 Å². The van der Waals surface area contributed by atoms with Crippen LogP contribution in [-0.4, -0.2) is 75.5 Å². The molecule has 2 N–H and O–H groups in total. The first-order chi connectivity index (χ1) is 21.7. The average Bonchev–Trinajstić information content (AvgIpc) is 3.82. The number of carbonyl (C=O) groups is 3. The number of aromatic nitrogens is 1. The van der Waals surface area contributed by atoms with Gasteiger partial charge in [-0.1, -0.05) is 29.8 Å². The van der Waals surface area contributed by atoms with E-state index in [-0.39, 0.29) is 34.6 Å². The maximum atomic E-state index is 15.7. The molecule has 1 unspecified atom stereocenters. The number of nitrogens with zero attached hydrogens (tertiary/aromatic N) is 3. The lowest BCUT2D eigenvalue weighted by Crippen LogP contribution is -2.67. The minimum atomic E-state index is -1.58. The summed E-state index contributed by atoms with van der Waals surface area (Å²) in [7, 11) is 1.84. The molecule has 3 aliphatic rings. The highest BCUT2D eigenvalue weighted by Gasteiger charge is 2.54. The van der Waals surface area contributed by atoms with Gasteiger partial charge in [-0.25, -0.2) is 4.39 Å². The molecule has 0 spiro atoms. The van der Waals surface area contributed by atoms with E-state index < -0.39 is 29.5 Å². The number of Topliss-reactive ketones (excluding diaryl/α,β-unsaturated/α-hetero) is 1. The molecule has 2 saturated heterocycles. The van der Waals surface area contributed by atoms with Crippen molar-refractivity contribution in [2.75, 3.05) is 31.6 Å². The van der Waals surface area contributed by atoms with Gasteiger partial charge >= 0.3 is 5.97 Å². The lowest BCUT2D eigenvalue weighted by atomic mass is 9.87. The van der Waals surface area contributed by atoms with Gasteiger partial charge in [0.15, 0.2) is 0 Å². The zero-order valence-corrected chi connectivity index (χ0v) is 26.0. The Balaban J connectivity index is 1.25. The molecule has 240 valence electrons. The fraction of sp³-hybridized carbons (Fsp3) is 0.485. The van der Waals surface area contributed by atoms with Crippen LogP contribution in [0, 0.1) is 11.7 Å². The van der Waals surface area contributed by atoms with Gasteiger partial charge in [0, 0.05) is 50.2 Å². The van der Waals surface area contributed by atoms with Gasteiger partial charge in [-0.3, -0.25) is 24.1 Å². The Morgan fingerprint density at radius 1 is 1.09 bits per heavy atom. The molecule has 1 amide bonds. The molecule has 0 radical (unpaired) electrons. The van der Waals surface area contributed by atoms with Crippen LogP contribution in [0.25, 0.3) is 10.9 Å². The monoisotopic (exact) mass is 640 g/mol. The van der Waals surface area contributed by atoms with E-state index >= 15 is 4.39 Å². The van der Waals surface area contributed by atoms with Crippen molar-refractivity contribution in [3.8, 4) is 0 Å². The fourth-order valence-electron chi connectivity index (χ4n) is 6.86. The predicted octanol–water partition coefficient (Wildman–Crippen LogP) is 5.38. The van der Waals surface area contributed by atoms with Gasteiger partial charge in [-0.2, -0.15) is 0 Å². The molecule has 1 aliphatic carbocycles. The largest absolute Gasteiger partial charge is 0.481 e. The first kappa shape index (κ1) is 31.6. The highest BCUT2D eigenvalue weighted by Crippen LogP contribution is 2.38. The normalized spacial score (nSPS) is 22.5. The topological polar surface area (TPSA) is 113 Å². The van der Waals surface area contributed by atoms with Gasteiger partial charge in [0.05, 0.1) is 34.9 Å². The molecule has 0 bridgehead atoms. The third-order valence-corrected chi connectivity index (χ3v) is 9.53. The third kappa shape index (κ3) is 6.24. The van der Waals surface area contributed by atoms with E-state index in [1.54, 1.807) is 11.3 Å². The molecule has 1 atom stereocenters. The summed E-state index contributed by atoms with van der Waals surface area (Å²) in [6, 6.07) is 10.0. The van der Waals surface area contributed by atoms with Crippen LogP contribution >= 0.6 is 11.6 Å². The maximum absolute atomic E-state index is 15.7. The molecule has 6 rings (SSSR count). The first-order valence-electron chi connectivity index (χ1n) is 15.6. The van der Waals surface area contributed by atoms with Crippen molar-refractivity contribution < 1.29 is 33.5 Å². The average molecular weight is 641 g/mol. The number of nitrogens with one attached hydrogen (secondary N) is 1. The third-order valence-electron chi connectivity index (χ3n) is 9.22. The molecule has 10 nitrogen and oxygen atoms in total. The summed E-state index contributed by atoms with van der Waals surface area (Å²) in [4.78, 5) is 47.1. The number of carbonyl (C=O) groups excluding carboxylic acids is 2. The van der Waals surface area contributed by atoms with Crippen LogP contribution in [0.2, 0.25) is 5.02 Å². The van der Waals surface area contributed by atoms with Crippen molar-refractivity contribution in [2.45, 2.75) is 63.3 Å². The number of carboxylic acid groups (broad SMARTS) is 1. The second kappa shape index (κ2) is 13.2. The SMILES string of the molecule is Cn1cc(C(=O)Nc2cc(F)c(CC(=O)C(O[C@H]3CC[C@H](C(=O)O)CC3)(N3CCCC3)N3CCCO3)cc2Cl)c2ccccc21. The van der Waals surface area contributed by atoms with E-state index in [1.807, 2.05) is 40.8 Å². The van der Waals surface area contributed by atoms with Gasteiger partial charge in [-0.05, 0) is 68.7 Å². The maximum Gasteiger partial charge on any atom is 0.306 e. The number of anilines is 1. The summed E-state index contributed by atoms with van der Waals surface area (Å²) in [6.07, 6.45) is 5.43. The number of hydroxylamine groups is 2. The summed E-state index contributed by atoms with van der Waals surface area (Å²) in [5, 5.41) is 14.7. The molecular weight excluding hydrogens is 603 g/mol. The number of aryl methyl sites for hydroxylation is 1. The summed E-state index contributed by atoms with van der Waals surface area (Å²) >= 11 is 6.58. The standard InChI is InChI=1S/C33H38ClFN4O6/c1-37-20-25(24-7-2-3-8-29(24)37)31(41)36-28-19-27(35)22(17-26(28)34)18-30(40)33(38-13-4-5-14-38,39-15-6-16-44-39)45-23-11-9-21(10-12-23)32(42)43/h2-3,7-8,17,19-21,23H,4-6,9-16,18H2,1H3,(H,36,41)(H,42,43)/t21-,23-,33?. The number of hydrogen-bond donors (Lipinski definition) is 2. The summed E-state index contributed by atoms with van der Waals surface area (Å²) in [6.45, 7) is 2.12. The smallest absolute Gasteiger partial charge is 0.306 e. The van der Waals surface area contributed by atoms with Crippen molar-refractivity contribution >= 4 is 45.9 Å². The Morgan fingerprint density at radius 3 is 2.51 bits per heavy atom. The molecule has 2 aromatic carbocycles. The fourth-order valence-corrected chi connectivity index (χ4v) is 7.09. The number of rotatable bonds is 10. The number of likely N-dealkylation sites (tertiary alicyclic amines) is 1. The van der Waals surface area contributed by atoms with E-state index in [0.29, 0.717) is 63.9 Å². The molecule has 3 fully saturated rings. The molecule has 45 heavy (non-hydrogen) atoms. The van der Waals surface area contributed by atoms with E-state index in [0.717, 1.165) is 29.8 Å². The lowest BCUT2D eigenvalue weighted by Gasteiger charge is -2.47. The van der Waals surface area contributed by atoms with Crippen LogP contribution in [0.15, 0.2) is 42.6 Å². The van der Waals surface area contributed by atoms with Crippen LogP contribution in [-0.2, 0) is 32.6 Å². The van der Waals surface area contributed by atoms with E-state index in [2.05, 4.69) is 5.32 Å². The minimum Gasteiger partial charge on any atom is -0.481 e. The Bertz CT molecular complexity index is 1580. The van der Waals surface area contributed by atoms with Crippen LogP contribution in [0.1, 0.15) is 60.9 Å². The summed E-state index contributed by atoms with van der Waals surface area (Å²) < 4.78 is 24.3.